The number of thioether (sulfide) groups is 2. The van der Waals surface area contributed by atoms with E-state index < -0.39 is 0 Å². The zero-order chi connectivity index (χ0) is 44.2. The van der Waals surface area contributed by atoms with E-state index in [0.717, 1.165) is 51.4 Å². The Kier molecular flexibility index (Phi) is 14.5. The van der Waals surface area contributed by atoms with Crippen LogP contribution in [-0.2, 0) is 31.9 Å². The largest absolute Gasteiger partial charge is 0.456 e. The van der Waals surface area contributed by atoms with E-state index in [-0.39, 0.29) is 24.1 Å². The molecule has 1 aliphatic carbocycles. The maximum atomic E-state index is 13.3. The Morgan fingerprint density at radius 3 is 1.25 bits per heavy atom. The van der Waals surface area contributed by atoms with Crippen LogP contribution in [0.2, 0.25) is 0 Å². The Bertz CT molecular complexity index is 2340. The molecule has 1 saturated carbocycles. The summed E-state index contributed by atoms with van der Waals surface area (Å²) >= 11 is 7.89. The molecule has 6 aromatic rings. The van der Waals surface area contributed by atoms with Crippen LogP contribution in [0.1, 0.15) is 144 Å². The Balaban J connectivity index is 0.894. The SMILES string of the molecule is CCCCCC(=O)OC(Cc1ccc(-c2ccc(C)cc2)cc1)c1cc2c(s1)C1CC3Sc4cc(C(Cc5ccc(-c6ccc(C)cc6)cc5)OC(=O)CCCCC)sc4C3CC1S2. The van der Waals surface area contributed by atoms with Gasteiger partial charge in [0.05, 0.1) is 0 Å². The van der Waals surface area contributed by atoms with Crippen LogP contribution < -0.4 is 0 Å². The summed E-state index contributed by atoms with van der Waals surface area (Å²) in [6, 6.07) is 39.6. The number of esters is 2. The lowest BCUT2D eigenvalue weighted by atomic mass is 9.80. The van der Waals surface area contributed by atoms with Crippen LogP contribution in [0.4, 0.5) is 0 Å². The first kappa shape index (κ1) is 45.1. The van der Waals surface area contributed by atoms with Crippen molar-refractivity contribution in [2.45, 2.75) is 149 Å². The molecule has 0 radical (unpaired) electrons. The van der Waals surface area contributed by atoms with Crippen molar-refractivity contribution < 1.29 is 19.1 Å². The van der Waals surface area contributed by atoms with Gasteiger partial charge in [-0.15, -0.1) is 46.2 Å². The van der Waals surface area contributed by atoms with Gasteiger partial charge in [0.2, 0.25) is 0 Å². The Morgan fingerprint density at radius 2 is 0.891 bits per heavy atom. The molecule has 3 aliphatic rings. The molecule has 0 N–H and O–H groups in total. The summed E-state index contributed by atoms with van der Waals surface area (Å²) in [6.45, 7) is 8.57. The van der Waals surface area contributed by atoms with Gasteiger partial charge in [-0.25, -0.2) is 0 Å². The van der Waals surface area contributed by atoms with Crippen molar-refractivity contribution in [2.75, 3.05) is 0 Å². The predicted octanol–water partition coefficient (Wildman–Crippen LogP) is 16.2. The molecule has 6 atom stereocenters. The predicted molar refractivity (Wildman–Crippen MR) is 269 cm³/mol. The molecule has 4 nitrogen and oxygen atoms in total. The van der Waals surface area contributed by atoms with Crippen LogP contribution in [0.25, 0.3) is 22.3 Å². The van der Waals surface area contributed by atoms with E-state index >= 15 is 0 Å². The molecule has 332 valence electrons. The topological polar surface area (TPSA) is 52.6 Å². The second-order valence-electron chi connectivity index (χ2n) is 18.2. The number of carbonyl (C=O) groups is 2. The van der Waals surface area contributed by atoms with E-state index in [0.29, 0.717) is 48.0 Å². The molecule has 0 amide bonds. The monoisotopic (exact) mass is 924 g/mol. The van der Waals surface area contributed by atoms with Gasteiger partial charge < -0.3 is 9.47 Å². The molecule has 4 heterocycles. The fourth-order valence-electron chi connectivity index (χ4n) is 9.56. The third kappa shape index (κ3) is 10.5. The molecule has 1 fully saturated rings. The lowest BCUT2D eigenvalue weighted by molar-refractivity contribution is -0.150. The zero-order valence-corrected chi connectivity index (χ0v) is 40.9. The summed E-state index contributed by atoms with van der Waals surface area (Å²) in [5, 5.41) is 1.08. The second kappa shape index (κ2) is 20.6. The minimum atomic E-state index is -0.295. The molecular weight excluding hydrogens is 865 g/mol. The molecule has 2 aliphatic heterocycles. The number of hydrogen-bond donors (Lipinski definition) is 0. The molecule has 0 spiro atoms. The standard InChI is InChI=1S/C56H60O4S4/c1-5-7-9-11-53(57)59-45(29-37-17-25-41(26-18-37)39-21-13-35(3)14-22-39)49-33-51-55(63-49)43-31-48-44(32-47(43)61-51)56-52(62-48)34-50(64-56)46(60-54(58)12-10-8-6-2)30-38-19-27-42(28-20-38)40-23-15-36(4)16-24-40/h13-28,33-34,43-48H,5-12,29-32H2,1-4H3. The summed E-state index contributed by atoms with van der Waals surface area (Å²) in [6.07, 6.45) is 9.97. The number of hydrogen-bond acceptors (Lipinski definition) is 8. The number of aryl methyl sites for hydroxylation is 2. The molecule has 8 heteroatoms. The van der Waals surface area contributed by atoms with Gasteiger partial charge in [-0.05, 0) is 85.0 Å². The summed E-state index contributed by atoms with van der Waals surface area (Å²) in [5.74, 6) is 0.837. The molecule has 0 bridgehead atoms. The van der Waals surface area contributed by atoms with Crippen LogP contribution in [0.3, 0.4) is 0 Å². The van der Waals surface area contributed by atoms with E-state index in [1.807, 2.05) is 22.7 Å². The van der Waals surface area contributed by atoms with Crippen molar-refractivity contribution in [3.05, 3.63) is 151 Å². The van der Waals surface area contributed by atoms with E-state index in [2.05, 4.69) is 160 Å². The fourth-order valence-corrected chi connectivity index (χ4v) is 16.0. The smallest absolute Gasteiger partial charge is 0.306 e. The van der Waals surface area contributed by atoms with Crippen molar-refractivity contribution in [1.29, 1.82) is 0 Å². The minimum absolute atomic E-state index is 0.0910. The molecule has 64 heavy (non-hydrogen) atoms. The number of thiophene rings is 2. The maximum Gasteiger partial charge on any atom is 0.306 e. The lowest BCUT2D eigenvalue weighted by Crippen LogP contribution is -2.28. The van der Waals surface area contributed by atoms with Gasteiger partial charge >= 0.3 is 11.9 Å². The van der Waals surface area contributed by atoms with Crippen molar-refractivity contribution in [2.24, 2.45) is 0 Å². The van der Waals surface area contributed by atoms with Crippen molar-refractivity contribution in [1.82, 2.24) is 0 Å². The second-order valence-corrected chi connectivity index (χ2v) is 22.9. The van der Waals surface area contributed by atoms with Gasteiger partial charge in [0, 0.05) is 77.3 Å². The number of carbonyl (C=O) groups excluding carboxylic acids is 2. The Morgan fingerprint density at radius 1 is 0.531 bits per heavy atom. The van der Waals surface area contributed by atoms with E-state index in [1.54, 1.807) is 0 Å². The van der Waals surface area contributed by atoms with Crippen LogP contribution in [0.15, 0.2) is 119 Å². The molecular formula is C56H60O4S4. The molecule has 6 unspecified atom stereocenters. The van der Waals surface area contributed by atoms with E-state index in [4.69, 9.17) is 9.47 Å². The Hall–Kier alpha value is -4.08. The van der Waals surface area contributed by atoms with Gasteiger partial charge in [0.15, 0.2) is 0 Å². The molecule has 0 saturated heterocycles. The average Bonchev–Trinajstić information content (AvgIpc) is 4.07. The minimum Gasteiger partial charge on any atom is -0.456 e. The highest BCUT2D eigenvalue weighted by atomic mass is 32.2. The highest BCUT2D eigenvalue weighted by molar-refractivity contribution is 8.01. The van der Waals surface area contributed by atoms with Gasteiger partial charge in [0.25, 0.3) is 0 Å². The number of rotatable bonds is 18. The number of unbranched alkanes of at least 4 members (excludes halogenated alkanes) is 4. The normalized spacial score (nSPS) is 19.3. The van der Waals surface area contributed by atoms with Crippen LogP contribution in [-0.4, -0.2) is 22.4 Å². The summed E-state index contributed by atoms with van der Waals surface area (Å²) in [7, 11) is 0. The first-order valence-electron chi connectivity index (χ1n) is 23.5. The summed E-state index contributed by atoms with van der Waals surface area (Å²) in [5.41, 5.74) is 9.68. The summed E-state index contributed by atoms with van der Waals surface area (Å²) in [4.78, 5) is 34.6. The van der Waals surface area contributed by atoms with Crippen LogP contribution in [0.5, 0.6) is 0 Å². The van der Waals surface area contributed by atoms with E-state index in [9.17, 15) is 9.59 Å². The average molecular weight is 925 g/mol. The van der Waals surface area contributed by atoms with Gasteiger partial charge in [-0.3, -0.25) is 9.59 Å². The van der Waals surface area contributed by atoms with Crippen molar-refractivity contribution in [3.63, 3.8) is 0 Å². The fraction of sp³-hybridized carbons (Fsp3) is 0.393. The molecule has 9 rings (SSSR count). The van der Waals surface area contributed by atoms with Crippen molar-refractivity contribution >= 4 is 58.1 Å². The molecule has 4 aromatic carbocycles. The van der Waals surface area contributed by atoms with Crippen LogP contribution >= 0.6 is 46.2 Å². The number of benzene rings is 4. The highest BCUT2D eigenvalue weighted by Gasteiger charge is 2.49. The first-order valence-corrected chi connectivity index (χ1v) is 26.9. The maximum absolute atomic E-state index is 13.3. The van der Waals surface area contributed by atoms with Gasteiger partial charge in [-0.2, -0.15) is 0 Å². The highest BCUT2D eigenvalue weighted by Crippen LogP contribution is 2.64. The third-order valence-corrected chi connectivity index (χ3v) is 19.1. The molecule has 2 aromatic heterocycles. The van der Waals surface area contributed by atoms with Crippen LogP contribution in [0, 0.1) is 13.8 Å². The third-order valence-electron chi connectivity index (χ3n) is 13.3. The van der Waals surface area contributed by atoms with Crippen molar-refractivity contribution in [3.8, 4) is 22.3 Å². The number of ether oxygens (including phenoxy) is 2. The lowest BCUT2D eigenvalue weighted by Gasteiger charge is -2.34. The van der Waals surface area contributed by atoms with E-state index in [1.165, 1.54) is 73.8 Å². The number of fused-ring (bicyclic) bond motifs is 6. The van der Waals surface area contributed by atoms with Gasteiger partial charge in [-0.1, -0.05) is 148 Å². The zero-order valence-electron chi connectivity index (χ0n) is 37.6. The first-order chi connectivity index (χ1) is 31.2. The van der Waals surface area contributed by atoms with Gasteiger partial charge in [0.1, 0.15) is 12.2 Å². The quantitative estimate of drug-likeness (QED) is 0.0632. The summed E-state index contributed by atoms with van der Waals surface area (Å²) < 4.78 is 12.7. The Labute approximate surface area is 397 Å².